The van der Waals surface area contributed by atoms with Gasteiger partial charge in [-0.3, -0.25) is 9.36 Å². The molecule has 0 heterocycles. The molecule has 0 aliphatic heterocycles. The molecule has 92 valence electrons. The number of allylic oxidation sites excluding steroid dienone is 1. The van der Waals surface area contributed by atoms with Crippen molar-refractivity contribution in [1.29, 1.82) is 0 Å². The van der Waals surface area contributed by atoms with E-state index in [-0.39, 0.29) is 0 Å². The molecule has 0 saturated carbocycles. The number of hydrogen-bond donors (Lipinski definition) is 0. The highest BCUT2D eigenvalue weighted by Gasteiger charge is 2.29. The molecule has 17 heavy (non-hydrogen) atoms. The minimum absolute atomic E-state index is 0.605. The van der Waals surface area contributed by atoms with E-state index in [1.165, 1.54) is 6.08 Å². The minimum atomic E-state index is -3.67. The van der Waals surface area contributed by atoms with Crippen LogP contribution in [0.5, 0.6) is 0 Å². The van der Waals surface area contributed by atoms with E-state index < -0.39 is 13.1 Å². The molecule has 1 aromatic carbocycles. The largest absolute Gasteiger partial charge is 0.400 e. The smallest absolute Gasteiger partial charge is 0.306 e. The zero-order valence-electron chi connectivity index (χ0n) is 9.42. The molecule has 1 aromatic rings. The molecule has 0 unspecified atom stereocenters. The SMILES string of the molecule is COP(=O)(OC)C(=O)/C=C/c1ccc(Cl)cc1. The first-order valence-corrected chi connectivity index (χ1v) is 6.63. The van der Waals surface area contributed by atoms with E-state index >= 15 is 0 Å². The Bertz CT molecular complexity index is 459. The Kier molecular flexibility index (Phi) is 5.09. The van der Waals surface area contributed by atoms with Crippen molar-refractivity contribution in [3.8, 4) is 0 Å². The second-order valence-corrected chi connectivity index (χ2v) is 5.69. The first-order valence-electron chi connectivity index (χ1n) is 4.71. The molecule has 0 atom stereocenters. The van der Waals surface area contributed by atoms with Crippen molar-refractivity contribution < 1.29 is 18.4 Å². The molecular weight excluding hydrogens is 263 g/mol. The third kappa shape index (κ3) is 3.79. The second-order valence-electron chi connectivity index (χ2n) is 3.09. The minimum Gasteiger partial charge on any atom is -0.306 e. The van der Waals surface area contributed by atoms with Gasteiger partial charge in [0.1, 0.15) is 0 Å². The molecule has 0 fully saturated rings. The fourth-order valence-electron chi connectivity index (χ4n) is 1.09. The van der Waals surface area contributed by atoms with Gasteiger partial charge in [-0.05, 0) is 23.8 Å². The Morgan fingerprint density at radius 2 is 1.76 bits per heavy atom. The summed E-state index contributed by atoms with van der Waals surface area (Å²) in [5.41, 5.74) is 0.0685. The van der Waals surface area contributed by atoms with Crippen LogP contribution in [0.25, 0.3) is 6.08 Å². The first kappa shape index (κ1) is 14.1. The molecule has 0 aliphatic rings. The van der Waals surface area contributed by atoms with Crippen LogP contribution in [0.2, 0.25) is 5.02 Å². The standard InChI is InChI=1S/C11H12ClO4P/c1-15-17(14,16-2)11(13)8-5-9-3-6-10(12)7-4-9/h3-8H,1-2H3/b8-5+. The van der Waals surface area contributed by atoms with Crippen LogP contribution in [0, 0.1) is 0 Å². The van der Waals surface area contributed by atoms with Gasteiger partial charge in [0.15, 0.2) is 0 Å². The van der Waals surface area contributed by atoms with E-state index in [1.54, 1.807) is 24.3 Å². The van der Waals surface area contributed by atoms with Crippen LogP contribution in [0.3, 0.4) is 0 Å². The van der Waals surface area contributed by atoms with Crippen LogP contribution in [0.15, 0.2) is 30.3 Å². The summed E-state index contributed by atoms with van der Waals surface area (Å²) in [4.78, 5) is 11.5. The fourth-order valence-corrected chi connectivity index (χ4v) is 1.98. The van der Waals surface area contributed by atoms with Crippen molar-refractivity contribution in [3.05, 3.63) is 40.9 Å². The summed E-state index contributed by atoms with van der Waals surface area (Å²) >= 11 is 5.72. The van der Waals surface area contributed by atoms with Gasteiger partial charge in [-0.2, -0.15) is 0 Å². The molecule has 4 nitrogen and oxygen atoms in total. The zero-order valence-corrected chi connectivity index (χ0v) is 11.1. The highest BCUT2D eigenvalue weighted by atomic mass is 35.5. The van der Waals surface area contributed by atoms with Gasteiger partial charge in [0.05, 0.1) is 0 Å². The molecule has 0 aromatic heterocycles. The Balaban J connectivity index is 2.81. The summed E-state index contributed by atoms with van der Waals surface area (Å²) in [6.45, 7) is 0. The number of benzene rings is 1. The maximum absolute atomic E-state index is 11.7. The van der Waals surface area contributed by atoms with Gasteiger partial charge in [0, 0.05) is 19.2 Å². The maximum Gasteiger partial charge on any atom is 0.400 e. The van der Waals surface area contributed by atoms with Gasteiger partial charge in [0.2, 0.25) is 0 Å². The summed E-state index contributed by atoms with van der Waals surface area (Å²) in [7, 11) is -1.34. The van der Waals surface area contributed by atoms with Gasteiger partial charge in [0.25, 0.3) is 5.52 Å². The van der Waals surface area contributed by atoms with Crippen LogP contribution in [0.1, 0.15) is 5.56 Å². The Labute approximate surface area is 105 Å². The lowest BCUT2D eigenvalue weighted by Gasteiger charge is -2.08. The van der Waals surface area contributed by atoms with Crippen molar-refractivity contribution in [3.63, 3.8) is 0 Å². The predicted molar refractivity (Wildman–Crippen MR) is 67.1 cm³/mol. The highest BCUT2D eigenvalue weighted by molar-refractivity contribution is 7.72. The molecule has 0 amide bonds. The molecule has 0 aliphatic carbocycles. The summed E-state index contributed by atoms with van der Waals surface area (Å²) in [6.07, 6.45) is 2.68. The average molecular weight is 275 g/mol. The Hall–Kier alpha value is -0.930. The van der Waals surface area contributed by atoms with Gasteiger partial charge in [-0.15, -0.1) is 0 Å². The van der Waals surface area contributed by atoms with Crippen LogP contribution >= 0.6 is 19.2 Å². The molecule has 0 spiro atoms. The number of halogens is 1. The topological polar surface area (TPSA) is 52.6 Å². The monoisotopic (exact) mass is 274 g/mol. The van der Waals surface area contributed by atoms with E-state index in [2.05, 4.69) is 9.05 Å². The highest BCUT2D eigenvalue weighted by Crippen LogP contribution is 2.47. The van der Waals surface area contributed by atoms with Gasteiger partial charge < -0.3 is 9.05 Å². The first-order chi connectivity index (χ1) is 8.01. The van der Waals surface area contributed by atoms with Crippen molar-refractivity contribution >= 4 is 30.8 Å². The molecule has 0 bridgehead atoms. The normalized spacial score (nSPS) is 11.9. The molecule has 0 saturated heterocycles. The van der Waals surface area contributed by atoms with Crippen LogP contribution in [-0.2, 0) is 18.4 Å². The summed E-state index contributed by atoms with van der Waals surface area (Å²) in [6, 6.07) is 6.85. The van der Waals surface area contributed by atoms with Crippen molar-refractivity contribution in [2.45, 2.75) is 0 Å². The summed E-state index contributed by atoms with van der Waals surface area (Å²) in [5, 5.41) is 0.605. The maximum atomic E-state index is 11.7. The zero-order chi connectivity index (χ0) is 12.9. The quantitative estimate of drug-likeness (QED) is 0.610. The lowest BCUT2D eigenvalue weighted by Crippen LogP contribution is -1.99. The van der Waals surface area contributed by atoms with E-state index in [9.17, 15) is 9.36 Å². The molecule has 6 heteroatoms. The van der Waals surface area contributed by atoms with Gasteiger partial charge in [-0.1, -0.05) is 29.8 Å². The summed E-state index contributed by atoms with van der Waals surface area (Å²) in [5.74, 6) is 0. The third-order valence-corrected chi connectivity index (χ3v) is 3.94. The number of rotatable bonds is 5. The fraction of sp³-hybridized carbons (Fsp3) is 0.182. The van der Waals surface area contributed by atoms with E-state index in [0.717, 1.165) is 25.9 Å². The van der Waals surface area contributed by atoms with Crippen LogP contribution in [-0.4, -0.2) is 19.7 Å². The van der Waals surface area contributed by atoms with E-state index in [1.807, 2.05) is 0 Å². The molecule has 0 N–H and O–H groups in total. The van der Waals surface area contributed by atoms with Crippen molar-refractivity contribution in [2.24, 2.45) is 0 Å². The second kappa shape index (κ2) is 6.12. The van der Waals surface area contributed by atoms with Crippen molar-refractivity contribution in [2.75, 3.05) is 14.2 Å². The van der Waals surface area contributed by atoms with Crippen molar-refractivity contribution in [1.82, 2.24) is 0 Å². The number of carbonyl (C=O) groups is 1. The van der Waals surface area contributed by atoms with E-state index in [0.29, 0.717) is 5.02 Å². The molecular formula is C11H12ClO4P. The summed E-state index contributed by atoms with van der Waals surface area (Å²) < 4.78 is 20.8. The average Bonchev–Trinajstić information content (AvgIpc) is 2.36. The molecule has 0 radical (unpaired) electrons. The van der Waals surface area contributed by atoms with Gasteiger partial charge in [-0.25, -0.2) is 0 Å². The third-order valence-electron chi connectivity index (χ3n) is 2.04. The Morgan fingerprint density at radius 3 is 2.24 bits per heavy atom. The lowest BCUT2D eigenvalue weighted by atomic mass is 10.2. The predicted octanol–water partition coefficient (Wildman–Crippen LogP) is 3.37. The lowest BCUT2D eigenvalue weighted by molar-refractivity contribution is -0.109. The van der Waals surface area contributed by atoms with Gasteiger partial charge >= 0.3 is 7.60 Å². The van der Waals surface area contributed by atoms with E-state index in [4.69, 9.17) is 11.6 Å². The van der Waals surface area contributed by atoms with Crippen LogP contribution in [0.4, 0.5) is 0 Å². The Morgan fingerprint density at radius 1 is 1.24 bits per heavy atom. The molecule has 1 rings (SSSR count). The number of hydrogen-bond acceptors (Lipinski definition) is 4. The number of carbonyl (C=O) groups excluding carboxylic acids is 1. The van der Waals surface area contributed by atoms with Crippen LogP contribution < -0.4 is 0 Å².